The summed E-state index contributed by atoms with van der Waals surface area (Å²) in [5.74, 6) is 0. The summed E-state index contributed by atoms with van der Waals surface area (Å²) in [6.45, 7) is 2.20. The fourth-order valence-electron chi connectivity index (χ4n) is 2.57. The zero-order valence-electron chi connectivity index (χ0n) is 11.1. The van der Waals surface area contributed by atoms with Crippen LogP contribution in [0, 0.1) is 6.92 Å². The van der Waals surface area contributed by atoms with E-state index in [0.717, 1.165) is 6.42 Å². The second kappa shape index (κ2) is 4.97. The summed E-state index contributed by atoms with van der Waals surface area (Å²) >= 11 is 0. The van der Waals surface area contributed by atoms with Gasteiger partial charge in [0.15, 0.2) is 0 Å². The van der Waals surface area contributed by atoms with Crippen LogP contribution in [0.2, 0.25) is 0 Å². The van der Waals surface area contributed by atoms with Gasteiger partial charge in [0.2, 0.25) is 0 Å². The lowest BCUT2D eigenvalue weighted by Crippen LogP contribution is -1.85. The Labute approximate surface area is 110 Å². The van der Waals surface area contributed by atoms with Crippen LogP contribution in [-0.4, -0.2) is 0 Å². The number of fused-ring (bicyclic) bond motifs is 3. The molecule has 1 saturated carbocycles. The van der Waals surface area contributed by atoms with E-state index in [-0.39, 0.29) is 0 Å². The van der Waals surface area contributed by atoms with Gasteiger partial charge in [-0.25, -0.2) is 0 Å². The summed E-state index contributed by atoms with van der Waals surface area (Å²) in [6.07, 6.45) is 7.11. The summed E-state index contributed by atoms with van der Waals surface area (Å²) in [7, 11) is 0. The molecule has 0 nitrogen and oxygen atoms in total. The van der Waals surface area contributed by atoms with Crippen molar-refractivity contribution in [3.63, 3.8) is 0 Å². The largest absolute Gasteiger partial charge is 0.0619 e. The van der Waals surface area contributed by atoms with Crippen LogP contribution in [0.4, 0.5) is 0 Å². The summed E-state index contributed by atoms with van der Waals surface area (Å²) in [5, 5.41) is 0. The van der Waals surface area contributed by atoms with Crippen molar-refractivity contribution in [3.8, 4) is 11.1 Å². The Balaban J connectivity index is 0.000000214. The van der Waals surface area contributed by atoms with Gasteiger partial charge in [0.05, 0.1) is 0 Å². The van der Waals surface area contributed by atoms with Crippen molar-refractivity contribution in [3.05, 3.63) is 59.2 Å². The summed E-state index contributed by atoms with van der Waals surface area (Å²) in [5.41, 5.74) is 7.25. The molecule has 0 aliphatic heterocycles. The van der Waals surface area contributed by atoms with E-state index < -0.39 is 0 Å². The Kier molecular flexibility index (Phi) is 3.19. The average Bonchev–Trinajstić information content (AvgIpc) is 2.67. The van der Waals surface area contributed by atoms with Crippen molar-refractivity contribution in [2.75, 3.05) is 0 Å². The molecule has 0 radical (unpaired) electrons. The second-order valence-corrected chi connectivity index (χ2v) is 5.35. The van der Waals surface area contributed by atoms with Crippen molar-refractivity contribution < 1.29 is 0 Å². The van der Waals surface area contributed by atoms with Gasteiger partial charge >= 0.3 is 0 Å². The second-order valence-electron chi connectivity index (χ2n) is 5.35. The Morgan fingerprint density at radius 3 is 2.11 bits per heavy atom. The van der Waals surface area contributed by atoms with Crippen LogP contribution < -0.4 is 0 Å². The Morgan fingerprint density at radius 2 is 1.39 bits per heavy atom. The zero-order chi connectivity index (χ0) is 12.4. The molecule has 0 saturated heterocycles. The Morgan fingerprint density at radius 1 is 0.722 bits per heavy atom. The molecular formula is C18H20. The lowest BCUT2D eigenvalue weighted by Gasteiger charge is -2.05. The Bertz CT molecular complexity index is 544. The topological polar surface area (TPSA) is 0 Å². The molecule has 0 aromatic heterocycles. The first-order valence-corrected chi connectivity index (χ1v) is 7.03. The minimum Gasteiger partial charge on any atom is -0.0619 e. The van der Waals surface area contributed by atoms with E-state index in [0.29, 0.717) is 0 Å². The van der Waals surface area contributed by atoms with Gasteiger partial charge in [-0.3, -0.25) is 0 Å². The van der Waals surface area contributed by atoms with Gasteiger partial charge in [0.25, 0.3) is 0 Å². The fourth-order valence-corrected chi connectivity index (χ4v) is 2.57. The van der Waals surface area contributed by atoms with Gasteiger partial charge in [0, 0.05) is 0 Å². The van der Waals surface area contributed by atoms with Gasteiger partial charge in [-0.2, -0.15) is 0 Å². The SMILES string of the molecule is C1CCC1.Cc1cccc2c1Cc1ccccc1-2. The number of hydrogen-bond acceptors (Lipinski definition) is 0. The maximum absolute atomic E-state index is 2.23. The maximum atomic E-state index is 2.23. The number of benzene rings is 2. The van der Waals surface area contributed by atoms with Crippen LogP contribution in [0.25, 0.3) is 11.1 Å². The molecule has 2 aliphatic rings. The molecule has 0 atom stereocenters. The smallest absolute Gasteiger partial charge is 0.00108 e. The first kappa shape index (κ1) is 11.5. The molecule has 0 amide bonds. The van der Waals surface area contributed by atoms with Crippen molar-refractivity contribution in [1.29, 1.82) is 0 Å². The van der Waals surface area contributed by atoms with E-state index in [2.05, 4.69) is 49.4 Å². The van der Waals surface area contributed by atoms with Gasteiger partial charge in [-0.1, -0.05) is 68.1 Å². The summed E-state index contributed by atoms with van der Waals surface area (Å²) in [4.78, 5) is 0. The number of rotatable bonds is 0. The van der Waals surface area contributed by atoms with Gasteiger partial charge < -0.3 is 0 Å². The molecule has 0 heteroatoms. The maximum Gasteiger partial charge on any atom is -0.00108 e. The fraction of sp³-hybridized carbons (Fsp3) is 0.333. The molecule has 2 aliphatic carbocycles. The Hall–Kier alpha value is -1.56. The molecular weight excluding hydrogens is 216 g/mol. The first-order chi connectivity index (χ1) is 8.86. The third-order valence-electron chi connectivity index (χ3n) is 4.09. The highest BCUT2D eigenvalue weighted by Crippen LogP contribution is 2.37. The highest BCUT2D eigenvalue weighted by Gasteiger charge is 2.18. The third kappa shape index (κ3) is 2.08. The molecule has 2 aromatic rings. The quantitative estimate of drug-likeness (QED) is 0.508. The molecule has 0 N–H and O–H groups in total. The third-order valence-corrected chi connectivity index (χ3v) is 4.09. The molecule has 0 heterocycles. The van der Waals surface area contributed by atoms with Crippen LogP contribution >= 0.6 is 0 Å². The molecule has 0 unspecified atom stereocenters. The van der Waals surface area contributed by atoms with Crippen molar-refractivity contribution in [2.45, 2.75) is 39.0 Å². The van der Waals surface area contributed by atoms with E-state index in [4.69, 9.17) is 0 Å². The average molecular weight is 236 g/mol. The van der Waals surface area contributed by atoms with E-state index in [1.807, 2.05) is 0 Å². The molecule has 1 fully saturated rings. The van der Waals surface area contributed by atoms with Crippen molar-refractivity contribution >= 4 is 0 Å². The van der Waals surface area contributed by atoms with Gasteiger partial charge in [-0.15, -0.1) is 0 Å². The zero-order valence-corrected chi connectivity index (χ0v) is 11.1. The molecule has 0 spiro atoms. The first-order valence-electron chi connectivity index (χ1n) is 7.03. The normalized spacial score (nSPS) is 14.9. The van der Waals surface area contributed by atoms with Gasteiger partial charge in [-0.05, 0) is 41.2 Å². The molecule has 4 rings (SSSR count). The van der Waals surface area contributed by atoms with Crippen LogP contribution in [0.5, 0.6) is 0 Å². The minimum atomic E-state index is 1.11. The van der Waals surface area contributed by atoms with Crippen molar-refractivity contribution in [2.24, 2.45) is 0 Å². The molecule has 92 valence electrons. The molecule has 2 aromatic carbocycles. The van der Waals surface area contributed by atoms with Crippen LogP contribution in [0.3, 0.4) is 0 Å². The lowest BCUT2D eigenvalue weighted by molar-refractivity contribution is 0.504. The van der Waals surface area contributed by atoms with E-state index in [9.17, 15) is 0 Å². The molecule has 18 heavy (non-hydrogen) atoms. The summed E-state index contributed by atoms with van der Waals surface area (Å²) < 4.78 is 0. The van der Waals surface area contributed by atoms with Gasteiger partial charge in [0.1, 0.15) is 0 Å². The monoisotopic (exact) mass is 236 g/mol. The van der Waals surface area contributed by atoms with Crippen LogP contribution in [0.15, 0.2) is 42.5 Å². The van der Waals surface area contributed by atoms with Crippen LogP contribution in [0.1, 0.15) is 42.4 Å². The van der Waals surface area contributed by atoms with E-state index >= 15 is 0 Å². The number of aryl methyl sites for hydroxylation is 1. The van der Waals surface area contributed by atoms with Crippen LogP contribution in [-0.2, 0) is 6.42 Å². The highest BCUT2D eigenvalue weighted by molar-refractivity contribution is 5.77. The standard InChI is InChI=1S/C14H12.C4H8/c1-10-5-4-8-13-12-7-3-2-6-11(12)9-14(10)13;1-2-4-3-1/h2-8H,9H2,1H3;1-4H2. The lowest BCUT2D eigenvalue weighted by atomic mass is 10.0. The predicted molar refractivity (Wildman–Crippen MR) is 77.9 cm³/mol. The van der Waals surface area contributed by atoms with E-state index in [1.54, 1.807) is 0 Å². The minimum absolute atomic E-state index is 1.11. The van der Waals surface area contributed by atoms with E-state index in [1.165, 1.54) is 53.5 Å². The number of hydrogen-bond donors (Lipinski definition) is 0. The molecule has 0 bridgehead atoms. The van der Waals surface area contributed by atoms with Crippen molar-refractivity contribution in [1.82, 2.24) is 0 Å². The predicted octanol–water partition coefficient (Wildman–Crippen LogP) is 5.13. The summed E-state index contributed by atoms with van der Waals surface area (Å²) in [6, 6.07) is 15.3. The highest BCUT2D eigenvalue weighted by atomic mass is 14.2.